The van der Waals surface area contributed by atoms with Gasteiger partial charge in [-0.2, -0.15) is 0 Å². The van der Waals surface area contributed by atoms with Crippen LogP contribution in [-0.4, -0.2) is 18.0 Å². The minimum atomic E-state index is -0.112. The van der Waals surface area contributed by atoms with Gasteiger partial charge in [-0.15, -0.1) is 11.6 Å². The van der Waals surface area contributed by atoms with Crippen molar-refractivity contribution in [1.29, 1.82) is 0 Å². The van der Waals surface area contributed by atoms with Crippen molar-refractivity contribution in [3.8, 4) is 0 Å². The van der Waals surface area contributed by atoms with Crippen LogP contribution < -0.4 is 0 Å². The van der Waals surface area contributed by atoms with Crippen LogP contribution in [0.5, 0.6) is 0 Å². The molecule has 0 radical (unpaired) electrons. The smallest absolute Gasteiger partial charge is 0.305 e. The summed E-state index contributed by atoms with van der Waals surface area (Å²) in [5, 5.41) is 0.162. The van der Waals surface area contributed by atoms with Gasteiger partial charge in [0.1, 0.15) is 0 Å². The lowest BCUT2D eigenvalue weighted by molar-refractivity contribution is -0.143. The Morgan fingerprint density at radius 1 is 1.40 bits per heavy atom. The molecular formula is C12H21ClO2. The van der Waals surface area contributed by atoms with E-state index in [-0.39, 0.29) is 11.3 Å². The van der Waals surface area contributed by atoms with E-state index < -0.39 is 0 Å². The van der Waals surface area contributed by atoms with E-state index in [2.05, 4.69) is 0 Å². The van der Waals surface area contributed by atoms with Crippen LogP contribution in [0, 0.1) is 5.92 Å². The van der Waals surface area contributed by atoms with Crippen LogP contribution in [0.25, 0.3) is 0 Å². The Balaban J connectivity index is 2.16. The SMILES string of the molecule is CCOC(=O)CCC(Cl)C1CCCCC1. The zero-order valence-electron chi connectivity index (χ0n) is 9.51. The highest BCUT2D eigenvalue weighted by molar-refractivity contribution is 6.20. The van der Waals surface area contributed by atoms with Gasteiger partial charge in [0.25, 0.3) is 0 Å². The van der Waals surface area contributed by atoms with Crippen LogP contribution in [0.15, 0.2) is 0 Å². The molecule has 0 N–H and O–H groups in total. The lowest BCUT2D eigenvalue weighted by Crippen LogP contribution is -2.19. The Labute approximate surface area is 97.3 Å². The van der Waals surface area contributed by atoms with E-state index in [0.29, 0.717) is 18.9 Å². The molecule has 0 heterocycles. The van der Waals surface area contributed by atoms with Crippen LogP contribution >= 0.6 is 11.6 Å². The van der Waals surface area contributed by atoms with Crippen molar-refractivity contribution in [1.82, 2.24) is 0 Å². The van der Waals surface area contributed by atoms with Gasteiger partial charge in [0, 0.05) is 11.8 Å². The third-order valence-electron chi connectivity index (χ3n) is 3.09. The first-order chi connectivity index (χ1) is 7.24. The first-order valence-corrected chi connectivity index (χ1v) is 6.47. The van der Waals surface area contributed by atoms with E-state index in [4.69, 9.17) is 16.3 Å². The summed E-state index contributed by atoms with van der Waals surface area (Å²) in [6.07, 6.45) is 7.65. The van der Waals surface area contributed by atoms with Crippen molar-refractivity contribution in [2.45, 2.75) is 57.2 Å². The van der Waals surface area contributed by atoms with Crippen LogP contribution in [-0.2, 0) is 9.53 Å². The number of ether oxygens (including phenoxy) is 1. The summed E-state index contributed by atoms with van der Waals surface area (Å²) in [7, 11) is 0. The molecule has 2 nitrogen and oxygen atoms in total. The molecule has 15 heavy (non-hydrogen) atoms. The van der Waals surface area contributed by atoms with Crippen LogP contribution in [0.3, 0.4) is 0 Å². The summed E-state index contributed by atoms with van der Waals surface area (Å²) < 4.78 is 4.88. The van der Waals surface area contributed by atoms with Crippen molar-refractivity contribution < 1.29 is 9.53 Å². The van der Waals surface area contributed by atoms with E-state index >= 15 is 0 Å². The highest BCUT2D eigenvalue weighted by Gasteiger charge is 2.22. The Morgan fingerprint density at radius 2 is 2.07 bits per heavy atom. The number of hydrogen-bond donors (Lipinski definition) is 0. The summed E-state index contributed by atoms with van der Waals surface area (Å²) in [6.45, 7) is 2.30. The molecule has 0 aromatic heterocycles. The number of hydrogen-bond acceptors (Lipinski definition) is 2. The standard InChI is InChI=1S/C12H21ClO2/c1-2-15-12(14)9-8-11(13)10-6-4-3-5-7-10/h10-11H,2-9H2,1H3. The molecule has 0 spiro atoms. The molecular weight excluding hydrogens is 212 g/mol. The van der Waals surface area contributed by atoms with Crippen molar-refractivity contribution in [3.63, 3.8) is 0 Å². The first-order valence-electron chi connectivity index (χ1n) is 6.03. The highest BCUT2D eigenvalue weighted by Crippen LogP contribution is 2.31. The molecule has 0 aliphatic heterocycles. The molecule has 0 aromatic rings. The largest absolute Gasteiger partial charge is 0.466 e. The molecule has 1 unspecified atom stereocenters. The van der Waals surface area contributed by atoms with Crippen LogP contribution in [0.1, 0.15) is 51.9 Å². The van der Waals surface area contributed by atoms with Crippen molar-refractivity contribution in [2.24, 2.45) is 5.92 Å². The maximum absolute atomic E-state index is 11.1. The fourth-order valence-corrected chi connectivity index (χ4v) is 2.58. The first kappa shape index (κ1) is 12.8. The quantitative estimate of drug-likeness (QED) is 0.536. The fraction of sp³-hybridized carbons (Fsp3) is 0.917. The minimum absolute atomic E-state index is 0.112. The minimum Gasteiger partial charge on any atom is -0.466 e. The van der Waals surface area contributed by atoms with Gasteiger partial charge >= 0.3 is 5.97 Å². The maximum atomic E-state index is 11.1. The lowest BCUT2D eigenvalue weighted by atomic mass is 9.85. The Morgan fingerprint density at radius 3 is 2.67 bits per heavy atom. The highest BCUT2D eigenvalue weighted by atomic mass is 35.5. The summed E-state index contributed by atoms with van der Waals surface area (Å²) in [6, 6.07) is 0. The molecule has 0 bridgehead atoms. The van der Waals surface area contributed by atoms with Gasteiger partial charge in [0.2, 0.25) is 0 Å². The van der Waals surface area contributed by atoms with E-state index in [9.17, 15) is 4.79 Å². The van der Waals surface area contributed by atoms with Gasteiger partial charge in [0.05, 0.1) is 6.61 Å². The molecule has 88 valence electrons. The van der Waals surface area contributed by atoms with Crippen LogP contribution in [0.4, 0.5) is 0 Å². The van der Waals surface area contributed by atoms with Gasteiger partial charge in [-0.05, 0) is 32.1 Å². The average Bonchev–Trinajstić information content (AvgIpc) is 2.27. The number of rotatable bonds is 5. The summed E-state index contributed by atoms with van der Waals surface area (Å²) >= 11 is 6.30. The number of esters is 1. The second kappa shape index (κ2) is 7.10. The molecule has 1 saturated carbocycles. The van der Waals surface area contributed by atoms with E-state index in [0.717, 1.165) is 6.42 Å². The molecule has 0 aromatic carbocycles. The predicted octanol–water partition coefficient (Wildman–Crippen LogP) is 3.52. The van der Waals surface area contributed by atoms with Crippen molar-refractivity contribution in [2.75, 3.05) is 6.61 Å². The molecule has 1 atom stereocenters. The summed E-state index contributed by atoms with van der Waals surface area (Å²) in [4.78, 5) is 11.1. The van der Waals surface area contributed by atoms with Gasteiger partial charge < -0.3 is 4.74 Å². The van der Waals surface area contributed by atoms with Crippen LogP contribution in [0.2, 0.25) is 0 Å². The summed E-state index contributed by atoms with van der Waals surface area (Å²) in [5.74, 6) is 0.508. The van der Waals surface area contributed by atoms with E-state index in [1.54, 1.807) is 0 Å². The third-order valence-corrected chi connectivity index (χ3v) is 3.67. The van der Waals surface area contributed by atoms with Crippen molar-refractivity contribution in [3.05, 3.63) is 0 Å². The molecule has 1 rings (SSSR count). The molecule has 3 heteroatoms. The Bertz CT molecular complexity index is 188. The number of alkyl halides is 1. The topological polar surface area (TPSA) is 26.3 Å². The zero-order valence-corrected chi connectivity index (χ0v) is 10.3. The second-order valence-corrected chi connectivity index (χ2v) is 4.82. The number of halogens is 1. The van der Waals surface area contributed by atoms with Gasteiger partial charge in [-0.1, -0.05) is 19.3 Å². The number of carbonyl (C=O) groups is 1. The molecule has 1 fully saturated rings. The maximum Gasteiger partial charge on any atom is 0.305 e. The normalized spacial score (nSPS) is 19.9. The monoisotopic (exact) mass is 232 g/mol. The van der Waals surface area contributed by atoms with E-state index in [1.165, 1.54) is 32.1 Å². The van der Waals surface area contributed by atoms with Gasteiger partial charge in [-0.3, -0.25) is 4.79 Å². The molecule has 0 saturated heterocycles. The molecule has 0 amide bonds. The van der Waals surface area contributed by atoms with Crippen molar-refractivity contribution >= 4 is 17.6 Å². The molecule has 1 aliphatic carbocycles. The second-order valence-electron chi connectivity index (χ2n) is 4.26. The van der Waals surface area contributed by atoms with Gasteiger partial charge in [-0.25, -0.2) is 0 Å². The zero-order chi connectivity index (χ0) is 11.1. The Kier molecular flexibility index (Phi) is 6.07. The average molecular weight is 233 g/mol. The fourth-order valence-electron chi connectivity index (χ4n) is 2.22. The summed E-state index contributed by atoms with van der Waals surface area (Å²) in [5.41, 5.74) is 0. The Hall–Kier alpha value is -0.240. The molecule has 1 aliphatic rings. The third kappa shape index (κ3) is 4.87. The number of carbonyl (C=O) groups excluding carboxylic acids is 1. The predicted molar refractivity (Wildman–Crippen MR) is 62.1 cm³/mol. The van der Waals surface area contributed by atoms with E-state index in [1.807, 2.05) is 6.92 Å². The lowest BCUT2D eigenvalue weighted by Gasteiger charge is -2.25. The van der Waals surface area contributed by atoms with Gasteiger partial charge in [0.15, 0.2) is 0 Å².